The van der Waals surface area contributed by atoms with Crippen molar-refractivity contribution in [1.29, 1.82) is 0 Å². The number of aryl methyl sites for hydroxylation is 1. The minimum atomic E-state index is -0.361. The Morgan fingerprint density at radius 1 is 1.10 bits per heavy atom. The predicted octanol–water partition coefficient (Wildman–Crippen LogP) is 5.12. The van der Waals surface area contributed by atoms with E-state index in [-0.39, 0.29) is 6.04 Å². The summed E-state index contributed by atoms with van der Waals surface area (Å²) < 4.78 is 6.09. The van der Waals surface area contributed by atoms with Gasteiger partial charge in [-0.1, -0.05) is 56.8 Å². The molecule has 20 heavy (non-hydrogen) atoms. The summed E-state index contributed by atoms with van der Waals surface area (Å²) in [7, 11) is 1.55. The van der Waals surface area contributed by atoms with Crippen LogP contribution in [0.5, 0.6) is 5.75 Å². The molecule has 106 valence electrons. The molecule has 2 aromatic rings. The van der Waals surface area contributed by atoms with Gasteiger partial charge in [-0.05, 0) is 30.2 Å². The predicted molar refractivity (Wildman–Crippen MR) is 87.9 cm³/mol. The van der Waals surface area contributed by atoms with Crippen LogP contribution in [0, 0.1) is 6.92 Å². The monoisotopic (exact) mass is 373 g/mol. The number of hydrogen-bond acceptors (Lipinski definition) is 2. The molecule has 1 unspecified atom stereocenters. The average Bonchev–Trinajstić information content (AvgIpc) is 2.42. The minimum Gasteiger partial charge on any atom is -0.495 e. The molecule has 0 saturated heterocycles. The average molecular weight is 375 g/mol. The summed E-state index contributed by atoms with van der Waals surface area (Å²) in [6, 6.07) is 9.10. The molecule has 0 heterocycles. The first kappa shape index (κ1) is 15.6. The quantitative estimate of drug-likeness (QED) is 0.808. The van der Waals surface area contributed by atoms with Crippen LogP contribution in [-0.4, -0.2) is 7.11 Å². The van der Waals surface area contributed by atoms with Gasteiger partial charge < -0.3 is 10.5 Å². The molecular formula is C15H14BrCl2NO. The Bertz CT molecular complexity index is 646. The van der Waals surface area contributed by atoms with Crippen LogP contribution in [0.3, 0.4) is 0 Å². The summed E-state index contributed by atoms with van der Waals surface area (Å²) in [5.41, 5.74) is 9.20. The van der Waals surface area contributed by atoms with Crippen LogP contribution in [-0.2, 0) is 0 Å². The molecule has 0 fully saturated rings. The van der Waals surface area contributed by atoms with Crippen molar-refractivity contribution in [3.05, 3.63) is 61.5 Å². The van der Waals surface area contributed by atoms with Gasteiger partial charge in [0.15, 0.2) is 0 Å². The fourth-order valence-electron chi connectivity index (χ4n) is 2.01. The zero-order valence-electron chi connectivity index (χ0n) is 11.1. The second-order valence-corrected chi connectivity index (χ2v) is 6.18. The zero-order chi connectivity index (χ0) is 14.9. The van der Waals surface area contributed by atoms with Gasteiger partial charge in [0.1, 0.15) is 5.75 Å². The van der Waals surface area contributed by atoms with Gasteiger partial charge in [0.2, 0.25) is 0 Å². The smallest absolute Gasteiger partial charge is 0.138 e. The lowest BCUT2D eigenvalue weighted by atomic mass is 9.98. The summed E-state index contributed by atoms with van der Waals surface area (Å²) in [5, 5.41) is 1.03. The van der Waals surface area contributed by atoms with Crippen LogP contribution >= 0.6 is 39.1 Å². The molecule has 0 radical (unpaired) electrons. The summed E-state index contributed by atoms with van der Waals surface area (Å²) in [4.78, 5) is 0. The van der Waals surface area contributed by atoms with Gasteiger partial charge in [0, 0.05) is 15.6 Å². The van der Waals surface area contributed by atoms with E-state index in [9.17, 15) is 0 Å². The van der Waals surface area contributed by atoms with Crippen molar-refractivity contribution in [3.8, 4) is 5.75 Å². The number of nitrogens with two attached hydrogens (primary N) is 1. The second kappa shape index (κ2) is 6.35. The Hall–Kier alpha value is -0.740. The summed E-state index contributed by atoms with van der Waals surface area (Å²) in [6.07, 6.45) is 0. The molecule has 0 bridgehead atoms. The highest BCUT2D eigenvalue weighted by atomic mass is 79.9. The lowest BCUT2D eigenvalue weighted by Gasteiger charge is -2.18. The molecule has 2 N–H and O–H groups in total. The van der Waals surface area contributed by atoms with Crippen molar-refractivity contribution in [1.82, 2.24) is 0 Å². The Labute approximate surface area is 137 Å². The van der Waals surface area contributed by atoms with E-state index < -0.39 is 0 Å². The highest BCUT2D eigenvalue weighted by Gasteiger charge is 2.18. The molecule has 2 nitrogen and oxygen atoms in total. The molecule has 0 aliphatic rings. The molecular weight excluding hydrogens is 361 g/mol. The van der Waals surface area contributed by atoms with Crippen molar-refractivity contribution in [2.75, 3.05) is 7.11 Å². The Morgan fingerprint density at radius 3 is 2.45 bits per heavy atom. The van der Waals surface area contributed by atoms with Crippen LogP contribution in [0.15, 0.2) is 34.8 Å². The Morgan fingerprint density at radius 2 is 1.80 bits per heavy atom. The molecule has 5 heteroatoms. The zero-order valence-corrected chi connectivity index (χ0v) is 14.2. The van der Waals surface area contributed by atoms with Crippen LogP contribution in [0.25, 0.3) is 0 Å². The third kappa shape index (κ3) is 3.12. The molecule has 1 atom stereocenters. The number of hydrogen-bond donors (Lipinski definition) is 1. The lowest BCUT2D eigenvalue weighted by molar-refractivity contribution is 0.415. The maximum atomic E-state index is 6.33. The topological polar surface area (TPSA) is 35.2 Å². The van der Waals surface area contributed by atoms with Gasteiger partial charge in [-0.25, -0.2) is 0 Å². The molecule has 0 aliphatic carbocycles. The van der Waals surface area contributed by atoms with E-state index in [0.29, 0.717) is 15.8 Å². The first-order valence-corrected chi connectivity index (χ1v) is 7.53. The van der Waals surface area contributed by atoms with Gasteiger partial charge in [-0.2, -0.15) is 0 Å². The van der Waals surface area contributed by atoms with Gasteiger partial charge >= 0.3 is 0 Å². The second-order valence-electron chi connectivity index (χ2n) is 4.51. The highest BCUT2D eigenvalue weighted by molar-refractivity contribution is 9.10. The van der Waals surface area contributed by atoms with Crippen molar-refractivity contribution in [3.63, 3.8) is 0 Å². The van der Waals surface area contributed by atoms with Crippen LogP contribution in [0.4, 0.5) is 0 Å². The fourth-order valence-corrected chi connectivity index (χ4v) is 3.02. The standard InChI is InChI=1S/C15H14BrCl2NO/c1-8-3-4-11(16)9(5-8)15(19)10-6-13(18)14(20-2)7-12(10)17/h3-7,15H,19H2,1-2H3. The van der Waals surface area contributed by atoms with E-state index in [1.807, 2.05) is 25.1 Å². The molecule has 2 rings (SSSR count). The molecule has 0 aliphatic heterocycles. The number of ether oxygens (including phenoxy) is 1. The van der Waals surface area contributed by atoms with Gasteiger partial charge in [0.25, 0.3) is 0 Å². The van der Waals surface area contributed by atoms with E-state index in [2.05, 4.69) is 15.9 Å². The van der Waals surface area contributed by atoms with Gasteiger partial charge in [-0.3, -0.25) is 0 Å². The van der Waals surface area contributed by atoms with Crippen molar-refractivity contribution >= 4 is 39.1 Å². The fraction of sp³-hybridized carbons (Fsp3) is 0.200. The number of halogens is 3. The first-order valence-electron chi connectivity index (χ1n) is 5.98. The van der Waals surface area contributed by atoms with Crippen molar-refractivity contribution < 1.29 is 4.74 Å². The summed E-state index contributed by atoms with van der Waals surface area (Å²) >= 11 is 16.0. The van der Waals surface area contributed by atoms with Crippen LogP contribution in [0.2, 0.25) is 10.0 Å². The van der Waals surface area contributed by atoms with Gasteiger partial charge in [0.05, 0.1) is 18.2 Å². The third-order valence-corrected chi connectivity index (χ3v) is 4.44. The number of methoxy groups -OCH3 is 1. The molecule has 0 spiro atoms. The summed E-state index contributed by atoms with van der Waals surface area (Å²) in [5.74, 6) is 0.538. The van der Waals surface area contributed by atoms with E-state index in [1.54, 1.807) is 19.2 Å². The first-order chi connectivity index (χ1) is 9.43. The molecule has 0 amide bonds. The summed E-state index contributed by atoms with van der Waals surface area (Å²) in [6.45, 7) is 2.02. The van der Waals surface area contributed by atoms with E-state index >= 15 is 0 Å². The highest BCUT2D eigenvalue weighted by Crippen LogP contribution is 2.37. The van der Waals surface area contributed by atoms with E-state index in [0.717, 1.165) is 21.2 Å². The van der Waals surface area contributed by atoms with E-state index in [1.165, 1.54) is 0 Å². The van der Waals surface area contributed by atoms with Crippen molar-refractivity contribution in [2.24, 2.45) is 5.73 Å². The maximum Gasteiger partial charge on any atom is 0.138 e. The molecule has 2 aromatic carbocycles. The third-order valence-electron chi connectivity index (χ3n) is 3.09. The Kier molecular flexibility index (Phi) is 4.97. The van der Waals surface area contributed by atoms with Gasteiger partial charge in [-0.15, -0.1) is 0 Å². The lowest BCUT2D eigenvalue weighted by Crippen LogP contribution is -2.13. The van der Waals surface area contributed by atoms with Crippen LogP contribution in [0.1, 0.15) is 22.7 Å². The molecule has 0 saturated carbocycles. The largest absolute Gasteiger partial charge is 0.495 e. The maximum absolute atomic E-state index is 6.33. The van der Waals surface area contributed by atoms with Crippen molar-refractivity contribution in [2.45, 2.75) is 13.0 Å². The normalized spacial score (nSPS) is 12.3. The SMILES string of the molecule is COc1cc(Cl)c(C(N)c2cc(C)ccc2Br)cc1Cl. The Balaban J connectivity index is 2.50. The van der Waals surface area contributed by atoms with E-state index in [4.69, 9.17) is 33.7 Å². The van der Waals surface area contributed by atoms with Crippen LogP contribution < -0.4 is 10.5 Å². The minimum absolute atomic E-state index is 0.361. The number of rotatable bonds is 3. The number of benzene rings is 2. The molecule has 0 aromatic heterocycles.